The lowest BCUT2D eigenvalue weighted by Gasteiger charge is -2.35. The molecule has 2 aromatic carbocycles. The number of para-hydroxylation sites is 1. The van der Waals surface area contributed by atoms with Gasteiger partial charge in [-0.25, -0.2) is 0 Å². The highest BCUT2D eigenvalue weighted by Crippen LogP contribution is 2.36. The Morgan fingerprint density at radius 2 is 2.00 bits per heavy atom. The van der Waals surface area contributed by atoms with Crippen LogP contribution in [0.25, 0.3) is 10.9 Å². The molecule has 1 aliphatic heterocycles. The second-order valence-electron chi connectivity index (χ2n) is 7.11. The van der Waals surface area contributed by atoms with Crippen LogP contribution in [-0.4, -0.2) is 42.3 Å². The summed E-state index contributed by atoms with van der Waals surface area (Å²) in [6.45, 7) is 3.65. The van der Waals surface area contributed by atoms with Gasteiger partial charge in [0.1, 0.15) is 11.5 Å². The Morgan fingerprint density at radius 1 is 1.19 bits per heavy atom. The van der Waals surface area contributed by atoms with E-state index in [2.05, 4.69) is 41.1 Å². The van der Waals surface area contributed by atoms with Crippen molar-refractivity contribution in [2.75, 3.05) is 27.3 Å². The molecular weight excluding hydrogens is 340 g/mol. The lowest BCUT2D eigenvalue weighted by Crippen LogP contribution is -2.37. The highest BCUT2D eigenvalue weighted by atomic mass is 16.5. The van der Waals surface area contributed by atoms with Crippen molar-refractivity contribution in [3.05, 3.63) is 59.3 Å². The number of benzene rings is 2. The minimum Gasteiger partial charge on any atom is -0.497 e. The van der Waals surface area contributed by atoms with Gasteiger partial charge in [0.25, 0.3) is 0 Å². The first-order valence-corrected chi connectivity index (χ1v) is 9.36. The molecule has 0 radical (unpaired) electrons. The predicted molar refractivity (Wildman–Crippen MR) is 106 cm³/mol. The van der Waals surface area contributed by atoms with Crippen LogP contribution in [0.1, 0.15) is 35.9 Å². The number of aromatic amines is 1. The van der Waals surface area contributed by atoms with Gasteiger partial charge in [-0.15, -0.1) is 0 Å². The van der Waals surface area contributed by atoms with Crippen molar-refractivity contribution in [1.29, 1.82) is 0 Å². The summed E-state index contributed by atoms with van der Waals surface area (Å²) in [4.78, 5) is 5.90. The zero-order valence-electron chi connectivity index (χ0n) is 16.0. The normalized spacial score (nSPS) is 18.3. The number of hydrogen-bond donors (Lipinski definition) is 2. The maximum Gasteiger partial charge on any atom is 0.124 e. The second-order valence-corrected chi connectivity index (χ2v) is 7.11. The van der Waals surface area contributed by atoms with Gasteiger partial charge in [0.05, 0.1) is 20.3 Å². The maximum absolute atomic E-state index is 10.9. The number of nitrogens with one attached hydrogen (secondary N) is 1. The average Bonchev–Trinajstić information content (AvgIpc) is 3.09. The Kier molecular flexibility index (Phi) is 4.81. The van der Waals surface area contributed by atoms with Gasteiger partial charge in [-0.05, 0) is 43.2 Å². The van der Waals surface area contributed by atoms with Gasteiger partial charge in [0.15, 0.2) is 0 Å². The molecule has 0 unspecified atom stereocenters. The van der Waals surface area contributed by atoms with E-state index in [1.165, 1.54) is 22.2 Å². The van der Waals surface area contributed by atoms with Gasteiger partial charge >= 0.3 is 0 Å². The average molecular weight is 366 g/mol. The second kappa shape index (κ2) is 7.25. The van der Waals surface area contributed by atoms with Gasteiger partial charge in [-0.3, -0.25) is 4.90 Å². The third-order valence-electron chi connectivity index (χ3n) is 5.66. The molecule has 0 spiro atoms. The number of ether oxygens (including phenoxy) is 2. The molecule has 0 saturated carbocycles. The topological polar surface area (TPSA) is 57.7 Å². The van der Waals surface area contributed by atoms with Crippen molar-refractivity contribution < 1.29 is 14.6 Å². The number of aromatic nitrogens is 1. The molecule has 0 saturated heterocycles. The summed E-state index contributed by atoms with van der Waals surface area (Å²) < 4.78 is 10.7. The highest BCUT2D eigenvalue weighted by Gasteiger charge is 2.29. The van der Waals surface area contributed by atoms with Crippen LogP contribution < -0.4 is 9.47 Å². The van der Waals surface area contributed by atoms with E-state index >= 15 is 0 Å². The molecule has 5 nitrogen and oxygen atoms in total. The number of β-amino-alcohol motifs (C(OH)–C–C–N with tert-alkyl or cyclic N) is 1. The summed E-state index contributed by atoms with van der Waals surface area (Å²) >= 11 is 0. The lowest BCUT2D eigenvalue weighted by atomic mass is 9.97. The molecule has 1 aliphatic rings. The number of aliphatic hydroxyl groups is 1. The van der Waals surface area contributed by atoms with E-state index in [1.54, 1.807) is 14.2 Å². The van der Waals surface area contributed by atoms with Crippen molar-refractivity contribution in [2.24, 2.45) is 0 Å². The van der Waals surface area contributed by atoms with E-state index < -0.39 is 6.10 Å². The lowest BCUT2D eigenvalue weighted by molar-refractivity contribution is 0.0837. The van der Waals surface area contributed by atoms with Crippen molar-refractivity contribution in [3.8, 4) is 11.5 Å². The van der Waals surface area contributed by atoms with Crippen LogP contribution in [0.3, 0.4) is 0 Å². The molecule has 5 heteroatoms. The van der Waals surface area contributed by atoms with Crippen molar-refractivity contribution >= 4 is 10.9 Å². The van der Waals surface area contributed by atoms with Gasteiger partial charge in [0, 0.05) is 41.3 Å². The fraction of sp³-hybridized carbons (Fsp3) is 0.364. The SMILES string of the molecule is COc1ccc(OC)c([C@H](O)CN2CCc3c([nH]c4ccccc34)[C@@H]2C)c1. The smallest absolute Gasteiger partial charge is 0.124 e. The van der Waals surface area contributed by atoms with E-state index in [0.717, 1.165) is 24.3 Å². The van der Waals surface area contributed by atoms with E-state index in [-0.39, 0.29) is 6.04 Å². The molecule has 2 N–H and O–H groups in total. The van der Waals surface area contributed by atoms with Gasteiger partial charge in [0.2, 0.25) is 0 Å². The van der Waals surface area contributed by atoms with E-state index in [1.807, 2.05) is 18.2 Å². The number of hydrogen-bond acceptors (Lipinski definition) is 4. The Bertz CT molecular complexity index is 950. The van der Waals surface area contributed by atoms with Gasteiger partial charge in [-0.2, -0.15) is 0 Å². The highest BCUT2D eigenvalue weighted by molar-refractivity contribution is 5.85. The van der Waals surface area contributed by atoms with E-state index in [9.17, 15) is 5.11 Å². The first-order valence-electron chi connectivity index (χ1n) is 9.36. The van der Waals surface area contributed by atoms with Crippen LogP contribution in [0.15, 0.2) is 42.5 Å². The summed E-state index contributed by atoms with van der Waals surface area (Å²) in [5.74, 6) is 1.40. The summed E-state index contributed by atoms with van der Waals surface area (Å²) in [5, 5.41) is 12.2. The Balaban J connectivity index is 1.58. The van der Waals surface area contributed by atoms with Crippen LogP contribution in [0.5, 0.6) is 11.5 Å². The van der Waals surface area contributed by atoms with E-state index in [0.29, 0.717) is 12.3 Å². The van der Waals surface area contributed by atoms with E-state index in [4.69, 9.17) is 9.47 Å². The van der Waals surface area contributed by atoms with Gasteiger partial charge < -0.3 is 19.6 Å². The number of methoxy groups -OCH3 is 2. The van der Waals surface area contributed by atoms with Crippen LogP contribution in [0, 0.1) is 0 Å². The third-order valence-corrected chi connectivity index (χ3v) is 5.66. The summed E-state index contributed by atoms with van der Waals surface area (Å²) in [7, 11) is 3.25. The molecule has 0 amide bonds. The third kappa shape index (κ3) is 3.17. The molecule has 27 heavy (non-hydrogen) atoms. The summed E-state index contributed by atoms with van der Waals surface area (Å²) in [6.07, 6.45) is 0.328. The molecule has 4 rings (SSSR count). The van der Waals surface area contributed by atoms with Crippen molar-refractivity contribution in [1.82, 2.24) is 9.88 Å². The molecule has 2 atom stereocenters. The number of rotatable bonds is 5. The zero-order chi connectivity index (χ0) is 19.0. The Hall–Kier alpha value is -2.50. The van der Waals surface area contributed by atoms with Gasteiger partial charge in [-0.1, -0.05) is 18.2 Å². The summed E-state index contributed by atoms with van der Waals surface area (Å²) in [5.41, 5.74) is 4.60. The molecule has 0 aliphatic carbocycles. The minimum absolute atomic E-state index is 0.215. The molecule has 0 fully saturated rings. The molecule has 142 valence electrons. The molecule has 1 aromatic heterocycles. The fourth-order valence-corrected chi connectivity index (χ4v) is 4.15. The minimum atomic E-state index is -0.650. The molecule has 0 bridgehead atoms. The molecular formula is C22H26N2O3. The Labute approximate surface area is 159 Å². The quantitative estimate of drug-likeness (QED) is 0.720. The monoisotopic (exact) mass is 366 g/mol. The summed E-state index contributed by atoms with van der Waals surface area (Å²) in [6, 6.07) is 14.2. The number of aliphatic hydroxyl groups excluding tert-OH is 1. The fourth-order valence-electron chi connectivity index (χ4n) is 4.15. The van der Waals surface area contributed by atoms with Crippen LogP contribution >= 0.6 is 0 Å². The standard InChI is InChI=1S/C22H26N2O3/c1-14-22-17(16-6-4-5-7-19(16)23-22)10-11-24(14)13-20(25)18-12-15(26-2)8-9-21(18)27-3/h4-9,12,14,20,23,25H,10-11,13H2,1-3H3/t14-,20+/m0/s1. The first-order chi connectivity index (χ1) is 13.1. The zero-order valence-corrected chi connectivity index (χ0v) is 16.0. The molecule has 2 heterocycles. The first kappa shape index (κ1) is 17.9. The molecule has 3 aromatic rings. The maximum atomic E-state index is 10.9. The number of nitrogens with zero attached hydrogens (tertiary/aromatic N) is 1. The van der Waals surface area contributed by atoms with Crippen molar-refractivity contribution in [3.63, 3.8) is 0 Å². The number of H-pyrrole nitrogens is 1. The van der Waals surface area contributed by atoms with Crippen LogP contribution in [-0.2, 0) is 6.42 Å². The van der Waals surface area contributed by atoms with Crippen LogP contribution in [0.2, 0.25) is 0 Å². The number of fused-ring (bicyclic) bond motifs is 3. The predicted octanol–water partition coefficient (Wildman–Crippen LogP) is 3.84. The van der Waals surface area contributed by atoms with Crippen LogP contribution in [0.4, 0.5) is 0 Å². The Morgan fingerprint density at radius 3 is 2.78 bits per heavy atom. The largest absolute Gasteiger partial charge is 0.497 e. The van der Waals surface area contributed by atoms with Crippen molar-refractivity contribution in [2.45, 2.75) is 25.5 Å².